The third-order valence-corrected chi connectivity index (χ3v) is 3.47. The van der Waals surface area contributed by atoms with Crippen LogP contribution in [0.1, 0.15) is 5.56 Å². The van der Waals surface area contributed by atoms with E-state index < -0.39 is 11.7 Å². The number of halogens is 4. The molecule has 7 heteroatoms. The molecular formula is C9H4F3IN2S. The van der Waals surface area contributed by atoms with Gasteiger partial charge in [0, 0.05) is 5.56 Å². The minimum absolute atomic E-state index is 0.440. The highest BCUT2D eigenvalue weighted by Gasteiger charge is 2.30. The minimum Gasteiger partial charge on any atom is -0.166 e. The number of rotatable bonds is 1. The van der Waals surface area contributed by atoms with Gasteiger partial charge in [0.05, 0.1) is 5.56 Å². The number of nitrogens with zero attached hydrogens (tertiary/aromatic N) is 2. The van der Waals surface area contributed by atoms with Gasteiger partial charge in [-0.25, -0.2) is 0 Å². The molecule has 0 amide bonds. The molecule has 1 aromatic carbocycles. The fourth-order valence-corrected chi connectivity index (χ4v) is 2.45. The molecule has 16 heavy (non-hydrogen) atoms. The Morgan fingerprint density at radius 1 is 1.19 bits per heavy atom. The topological polar surface area (TPSA) is 25.8 Å². The van der Waals surface area contributed by atoms with Gasteiger partial charge < -0.3 is 0 Å². The average Bonchev–Trinajstić information content (AvgIpc) is 2.64. The quantitative estimate of drug-likeness (QED) is 0.726. The van der Waals surface area contributed by atoms with Gasteiger partial charge in [0.2, 0.25) is 0 Å². The summed E-state index contributed by atoms with van der Waals surface area (Å²) in [4.78, 5) is 0. The number of hydrogen-bond acceptors (Lipinski definition) is 3. The number of alkyl halides is 3. The third-order valence-electron chi connectivity index (χ3n) is 1.84. The summed E-state index contributed by atoms with van der Waals surface area (Å²) in [7, 11) is 0. The first-order valence-corrected chi connectivity index (χ1v) is 6.03. The molecule has 0 aliphatic rings. The Kier molecular flexibility index (Phi) is 3.15. The van der Waals surface area contributed by atoms with E-state index in [1.165, 1.54) is 17.4 Å². The van der Waals surface area contributed by atoms with Gasteiger partial charge in [-0.3, -0.25) is 0 Å². The molecular weight excluding hydrogens is 352 g/mol. The van der Waals surface area contributed by atoms with Crippen LogP contribution in [0.25, 0.3) is 10.6 Å². The van der Waals surface area contributed by atoms with Crippen molar-refractivity contribution in [2.75, 3.05) is 0 Å². The molecule has 0 unspecified atom stereocenters. The molecule has 0 atom stereocenters. The molecule has 1 heterocycles. The molecule has 0 fully saturated rings. The van der Waals surface area contributed by atoms with E-state index in [2.05, 4.69) is 10.2 Å². The normalized spacial score (nSPS) is 11.8. The summed E-state index contributed by atoms with van der Waals surface area (Å²) >= 11 is 3.23. The molecule has 2 rings (SSSR count). The average molecular weight is 356 g/mol. The Morgan fingerprint density at radius 3 is 2.50 bits per heavy atom. The van der Waals surface area contributed by atoms with Gasteiger partial charge >= 0.3 is 6.18 Å². The standard InChI is InChI=1S/C9H4F3IN2S/c10-9(11,12)6-3-1-2-5(4-6)7-14-15-8(13)16-7/h1-4H. The molecule has 0 saturated carbocycles. The van der Waals surface area contributed by atoms with E-state index in [0.717, 1.165) is 12.1 Å². The highest BCUT2D eigenvalue weighted by Crippen LogP contribution is 2.32. The first-order valence-electron chi connectivity index (χ1n) is 4.13. The van der Waals surface area contributed by atoms with Crippen LogP contribution in [0.5, 0.6) is 0 Å². The first kappa shape index (κ1) is 11.8. The van der Waals surface area contributed by atoms with Crippen molar-refractivity contribution in [3.05, 3.63) is 32.8 Å². The molecule has 0 aliphatic carbocycles. The Morgan fingerprint density at radius 2 is 1.94 bits per heavy atom. The predicted octanol–water partition coefficient (Wildman–Crippen LogP) is 3.83. The van der Waals surface area contributed by atoms with Crippen molar-refractivity contribution < 1.29 is 13.2 Å². The van der Waals surface area contributed by atoms with Crippen molar-refractivity contribution >= 4 is 33.9 Å². The van der Waals surface area contributed by atoms with Crippen molar-refractivity contribution in [1.82, 2.24) is 10.2 Å². The lowest BCUT2D eigenvalue weighted by Crippen LogP contribution is -2.04. The van der Waals surface area contributed by atoms with Gasteiger partial charge in [0.1, 0.15) is 5.01 Å². The Balaban J connectivity index is 2.44. The predicted molar refractivity (Wildman–Crippen MR) is 63.1 cm³/mol. The van der Waals surface area contributed by atoms with E-state index >= 15 is 0 Å². The van der Waals surface area contributed by atoms with Crippen LogP contribution in [0.3, 0.4) is 0 Å². The van der Waals surface area contributed by atoms with Gasteiger partial charge in [0.25, 0.3) is 0 Å². The van der Waals surface area contributed by atoms with Crippen molar-refractivity contribution in [2.24, 2.45) is 0 Å². The van der Waals surface area contributed by atoms with Crippen LogP contribution in [0.15, 0.2) is 24.3 Å². The Hall–Kier alpha value is -0.700. The molecule has 0 spiro atoms. The van der Waals surface area contributed by atoms with Crippen LogP contribution >= 0.6 is 33.9 Å². The Labute approximate surface area is 107 Å². The summed E-state index contributed by atoms with van der Waals surface area (Å²) in [5, 5.41) is 8.06. The molecule has 0 aliphatic heterocycles. The van der Waals surface area contributed by atoms with Crippen LogP contribution in [0.2, 0.25) is 0 Å². The fourth-order valence-electron chi connectivity index (χ4n) is 1.15. The molecule has 2 nitrogen and oxygen atoms in total. The highest BCUT2D eigenvalue weighted by atomic mass is 127. The van der Waals surface area contributed by atoms with Crippen molar-refractivity contribution in [3.8, 4) is 10.6 Å². The minimum atomic E-state index is -4.33. The lowest BCUT2D eigenvalue weighted by atomic mass is 10.1. The maximum Gasteiger partial charge on any atom is 0.416 e. The zero-order valence-corrected chi connectivity index (χ0v) is 10.6. The molecule has 84 valence electrons. The second-order valence-corrected chi connectivity index (χ2v) is 5.67. The maximum atomic E-state index is 12.5. The summed E-state index contributed by atoms with van der Waals surface area (Å²) in [5.41, 5.74) is -0.231. The molecule has 0 bridgehead atoms. The highest BCUT2D eigenvalue weighted by molar-refractivity contribution is 14.1. The van der Waals surface area contributed by atoms with Crippen LogP contribution < -0.4 is 0 Å². The van der Waals surface area contributed by atoms with Crippen LogP contribution in [0, 0.1) is 3.01 Å². The molecule has 0 N–H and O–H groups in total. The lowest BCUT2D eigenvalue weighted by molar-refractivity contribution is -0.137. The van der Waals surface area contributed by atoms with E-state index in [-0.39, 0.29) is 0 Å². The van der Waals surface area contributed by atoms with E-state index in [9.17, 15) is 13.2 Å². The van der Waals surface area contributed by atoms with E-state index in [0.29, 0.717) is 13.6 Å². The zero-order valence-electron chi connectivity index (χ0n) is 7.62. The van der Waals surface area contributed by atoms with Gasteiger partial charge in [0.15, 0.2) is 3.01 Å². The number of benzene rings is 1. The number of hydrogen-bond donors (Lipinski definition) is 0. The molecule has 1 aromatic heterocycles. The van der Waals surface area contributed by atoms with Crippen molar-refractivity contribution in [1.29, 1.82) is 0 Å². The van der Waals surface area contributed by atoms with Gasteiger partial charge in [-0.15, -0.1) is 10.2 Å². The smallest absolute Gasteiger partial charge is 0.166 e. The van der Waals surface area contributed by atoms with Crippen molar-refractivity contribution in [2.45, 2.75) is 6.18 Å². The van der Waals surface area contributed by atoms with Crippen LogP contribution in [-0.4, -0.2) is 10.2 Å². The van der Waals surface area contributed by atoms with Crippen LogP contribution in [0.4, 0.5) is 13.2 Å². The SMILES string of the molecule is FC(F)(F)c1cccc(-c2nnc(I)s2)c1. The lowest BCUT2D eigenvalue weighted by Gasteiger charge is -2.06. The van der Waals surface area contributed by atoms with E-state index in [4.69, 9.17) is 0 Å². The van der Waals surface area contributed by atoms with Gasteiger partial charge in [-0.2, -0.15) is 13.2 Å². The van der Waals surface area contributed by atoms with Crippen molar-refractivity contribution in [3.63, 3.8) is 0 Å². The van der Waals surface area contributed by atoms with Crippen LogP contribution in [-0.2, 0) is 6.18 Å². The monoisotopic (exact) mass is 356 g/mol. The van der Waals surface area contributed by atoms with Gasteiger partial charge in [-0.05, 0) is 34.7 Å². The number of aromatic nitrogens is 2. The summed E-state index contributed by atoms with van der Waals surface area (Å²) in [6, 6.07) is 5.07. The van der Waals surface area contributed by atoms with E-state index in [1.807, 2.05) is 22.6 Å². The van der Waals surface area contributed by atoms with E-state index in [1.54, 1.807) is 6.07 Å². The summed E-state index contributed by atoms with van der Waals surface area (Å²) in [6.45, 7) is 0. The third kappa shape index (κ3) is 2.51. The molecule has 0 radical (unpaired) electrons. The van der Waals surface area contributed by atoms with Gasteiger partial charge in [-0.1, -0.05) is 23.5 Å². The largest absolute Gasteiger partial charge is 0.416 e. The fraction of sp³-hybridized carbons (Fsp3) is 0.111. The molecule has 0 saturated heterocycles. The summed E-state index contributed by atoms with van der Waals surface area (Å²) in [6.07, 6.45) is -4.33. The molecule has 2 aromatic rings. The second kappa shape index (κ2) is 4.28. The zero-order chi connectivity index (χ0) is 11.8. The maximum absolute atomic E-state index is 12.5. The Bertz CT molecular complexity index is 509. The summed E-state index contributed by atoms with van der Waals surface area (Å²) in [5.74, 6) is 0. The second-order valence-electron chi connectivity index (χ2n) is 2.94. The first-order chi connectivity index (χ1) is 7.47. The summed E-state index contributed by atoms with van der Waals surface area (Å²) < 4.78 is 38.1.